The van der Waals surface area contributed by atoms with Crippen molar-refractivity contribution in [2.45, 2.75) is 124 Å². The van der Waals surface area contributed by atoms with Crippen molar-refractivity contribution >= 4 is 28.7 Å². The van der Waals surface area contributed by atoms with Gasteiger partial charge in [0.1, 0.15) is 0 Å². The lowest BCUT2D eigenvalue weighted by Crippen LogP contribution is -2.46. The Morgan fingerprint density at radius 1 is 0.615 bits per heavy atom. The van der Waals surface area contributed by atoms with Crippen molar-refractivity contribution in [1.29, 1.82) is 0 Å². The van der Waals surface area contributed by atoms with E-state index in [1.807, 2.05) is 41.5 Å². The van der Waals surface area contributed by atoms with E-state index in [4.69, 9.17) is 43.8 Å². The van der Waals surface area contributed by atoms with Crippen LogP contribution < -0.4 is 22.1 Å². The van der Waals surface area contributed by atoms with Gasteiger partial charge >= 0.3 is 0 Å². The summed E-state index contributed by atoms with van der Waals surface area (Å²) >= 11 is 5.69. The lowest BCUT2D eigenvalue weighted by molar-refractivity contribution is 0.310. The number of unbranched alkanes of at least 4 members (excludes halogenated alkanes) is 4. The Kier molecular flexibility index (Phi) is 34.0. The SMILES string of the molecule is C.C/C(=N\O)C(C)(C)Cl.C/C(=N\O)C(C)(C)NCCCCCNC(C)(C)/C(C)=N/O.CO.NCCCCCN. The molecule has 0 aliphatic rings. The predicted molar refractivity (Wildman–Crippen MR) is 169 cm³/mol. The van der Waals surface area contributed by atoms with Crippen LogP contribution in [0.15, 0.2) is 15.5 Å². The van der Waals surface area contributed by atoms with Gasteiger partial charge in [0.05, 0.1) is 33.1 Å². The second-order valence-electron chi connectivity index (χ2n) is 10.3. The number of rotatable bonds is 15. The van der Waals surface area contributed by atoms with Crippen LogP contribution in [0.4, 0.5) is 0 Å². The molecule has 0 fully saturated rings. The maximum atomic E-state index is 8.80. The van der Waals surface area contributed by atoms with Gasteiger partial charge in [-0.25, -0.2) is 0 Å². The number of nitrogens with one attached hydrogen (secondary N) is 2. The zero-order chi connectivity index (χ0) is 30.8. The van der Waals surface area contributed by atoms with E-state index >= 15 is 0 Å². The lowest BCUT2D eigenvalue weighted by Gasteiger charge is -2.26. The van der Waals surface area contributed by atoms with E-state index < -0.39 is 4.87 Å². The van der Waals surface area contributed by atoms with Crippen LogP contribution in [0.3, 0.4) is 0 Å². The van der Waals surface area contributed by atoms with Gasteiger partial charge < -0.3 is 42.8 Å². The normalized spacial score (nSPS) is 12.6. The van der Waals surface area contributed by atoms with Crippen LogP contribution in [-0.2, 0) is 0 Å². The maximum absolute atomic E-state index is 8.80. The second kappa shape index (κ2) is 28.0. The number of hydrogen-bond acceptors (Lipinski definition) is 11. The molecule has 39 heavy (non-hydrogen) atoms. The molecule has 0 amide bonds. The number of alkyl halides is 1. The van der Waals surface area contributed by atoms with Crippen molar-refractivity contribution in [2.75, 3.05) is 33.3 Å². The molecule has 0 aliphatic carbocycles. The molecule has 0 saturated heterocycles. The monoisotopic (exact) mass is 585 g/mol. The second-order valence-corrected chi connectivity index (χ2v) is 11.3. The van der Waals surface area contributed by atoms with Crippen molar-refractivity contribution < 1.29 is 20.7 Å². The minimum atomic E-state index is -0.519. The van der Waals surface area contributed by atoms with Crippen LogP contribution >= 0.6 is 11.6 Å². The zero-order valence-electron chi connectivity index (χ0n) is 25.7. The molecule has 11 nitrogen and oxygen atoms in total. The highest BCUT2D eigenvalue weighted by atomic mass is 35.5. The van der Waals surface area contributed by atoms with E-state index in [9.17, 15) is 0 Å². The zero-order valence-corrected chi connectivity index (χ0v) is 26.5. The summed E-state index contributed by atoms with van der Waals surface area (Å²) in [7, 11) is 1.00. The van der Waals surface area contributed by atoms with Crippen LogP contribution in [-0.4, -0.2) is 87.1 Å². The smallest absolute Gasteiger partial charge is 0.0801 e. The molecule has 0 heterocycles. The quantitative estimate of drug-likeness (QED) is 0.0442. The van der Waals surface area contributed by atoms with Crippen LogP contribution in [0.2, 0.25) is 0 Å². The van der Waals surface area contributed by atoms with Gasteiger partial charge in [0.2, 0.25) is 0 Å². The van der Waals surface area contributed by atoms with Gasteiger partial charge in [-0.15, -0.1) is 11.6 Å². The number of nitrogens with zero attached hydrogens (tertiary/aromatic N) is 3. The molecular weight excluding hydrogens is 522 g/mol. The highest BCUT2D eigenvalue weighted by Crippen LogP contribution is 2.14. The summed E-state index contributed by atoms with van der Waals surface area (Å²) < 4.78 is 0. The first kappa shape index (κ1) is 47.3. The van der Waals surface area contributed by atoms with Gasteiger partial charge in [-0.3, -0.25) is 0 Å². The average molecular weight is 586 g/mol. The van der Waals surface area contributed by atoms with Crippen LogP contribution in [0.1, 0.15) is 108 Å². The average Bonchev–Trinajstić information content (AvgIpc) is 2.88. The van der Waals surface area contributed by atoms with Crippen molar-refractivity contribution in [3.63, 3.8) is 0 Å². The number of nitrogens with two attached hydrogens (primary N) is 2. The summed E-state index contributed by atoms with van der Waals surface area (Å²) in [4.78, 5) is -0.519. The van der Waals surface area contributed by atoms with Crippen molar-refractivity contribution in [2.24, 2.45) is 26.9 Å². The highest BCUT2D eigenvalue weighted by molar-refractivity contribution is 6.35. The van der Waals surface area contributed by atoms with Crippen molar-refractivity contribution in [3.05, 3.63) is 0 Å². The maximum Gasteiger partial charge on any atom is 0.0801 e. The van der Waals surface area contributed by atoms with E-state index in [-0.39, 0.29) is 18.5 Å². The third kappa shape index (κ3) is 29.3. The first-order valence-electron chi connectivity index (χ1n) is 13.2. The van der Waals surface area contributed by atoms with E-state index in [0.717, 1.165) is 65.4 Å². The molecule has 0 bridgehead atoms. The Labute approximate surface area is 244 Å². The topological polar surface area (TPSA) is 194 Å². The van der Waals surface area contributed by atoms with Crippen molar-refractivity contribution in [1.82, 2.24) is 10.6 Å². The van der Waals surface area contributed by atoms with Crippen molar-refractivity contribution in [3.8, 4) is 0 Å². The minimum Gasteiger partial charge on any atom is -0.411 e. The Hall–Kier alpha value is -1.50. The molecule has 0 aliphatic heterocycles. The molecule has 0 aromatic heterocycles. The minimum absolute atomic E-state index is 0. The van der Waals surface area contributed by atoms with Gasteiger partial charge in [-0.2, -0.15) is 0 Å². The fourth-order valence-electron chi connectivity index (χ4n) is 2.32. The fourth-order valence-corrected chi connectivity index (χ4v) is 2.36. The molecule has 10 N–H and O–H groups in total. The Morgan fingerprint density at radius 3 is 1.10 bits per heavy atom. The fraction of sp³-hybridized carbons (Fsp3) is 0.889. The first-order valence-corrected chi connectivity index (χ1v) is 13.6. The van der Waals surface area contributed by atoms with Gasteiger partial charge in [0.15, 0.2) is 0 Å². The van der Waals surface area contributed by atoms with E-state index in [1.165, 1.54) is 6.42 Å². The Morgan fingerprint density at radius 2 is 0.897 bits per heavy atom. The van der Waals surface area contributed by atoms with Crippen LogP contribution in [0.25, 0.3) is 0 Å². The Bertz CT molecular complexity index is 598. The molecule has 0 atom stereocenters. The molecule has 0 unspecified atom stereocenters. The largest absolute Gasteiger partial charge is 0.411 e. The molecule has 0 aromatic carbocycles. The van der Waals surface area contributed by atoms with Gasteiger partial charge in [0, 0.05) is 7.11 Å². The predicted octanol–water partition coefficient (Wildman–Crippen LogP) is 4.77. The number of aliphatic hydroxyl groups excluding tert-OH is 1. The molecule has 0 rings (SSSR count). The van der Waals surface area contributed by atoms with E-state index in [1.54, 1.807) is 20.8 Å². The molecule has 238 valence electrons. The summed E-state index contributed by atoms with van der Waals surface area (Å²) in [6.07, 6.45) is 6.67. The molecule has 0 spiro atoms. The third-order valence-corrected chi connectivity index (χ3v) is 6.29. The Balaban J connectivity index is -0.000000176. The van der Waals surface area contributed by atoms with E-state index in [2.05, 4.69) is 26.1 Å². The van der Waals surface area contributed by atoms with Gasteiger partial charge in [0.25, 0.3) is 0 Å². The molecule has 0 aromatic rings. The summed E-state index contributed by atoms with van der Waals surface area (Å²) in [6.45, 7) is 20.2. The molecule has 12 heteroatoms. The summed E-state index contributed by atoms with van der Waals surface area (Å²) in [5, 5.41) is 49.0. The molecular formula is C27H64ClN7O4. The standard InChI is InChI=1S/C15H32N4O2.C5H10ClNO.C5H14N2.CH4O.CH4/c1-12(18-20)14(3,4)16-10-8-7-9-11-17-15(5,6)13(2)19-21;1-4(7-8)5(2,3)6;6-4-2-1-3-5-7;1-2;/h16-17,20-21H,7-11H2,1-6H3;8H,1-3H3;1-7H2;2H,1H3;1H4/b18-12+,19-13+;7-4+;;;. The van der Waals surface area contributed by atoms with Gasteiger partial charge in [-0.1, -0.05) is 35.7 Å². The van der Waals surface area contributed by atoms with Crippen LogP contribution in [0.5, 0.6) is 0 Å². The molecule has 0 radical (unpaired) electrons. The molecule has 0 saturated carbocycles. The van der Waals surface area contributed by atoms with Gasteiger partial charge in [-0.05, 0) is 114 Å². The third-order valence-electron chi connectivity index (χ3n) is 6.02. The van der Waals surface area contributed by atoms with E-state index in [0.29, 0.717) is 17.1 Å². The number of hydrogen-bond donors (Lipinski definition) is 8. The number of oxime groups is 3. The number of aliphatic hydroxyl groups is 1. The first-order chi connectivity index (χ1) is 17.6. The summed E-state index contributed by atoms with van der Waals surface area (Å²) in [5.41, 5.74) is 11.8. The van der Waals surface area contributed by atoms with Crippen LogP contribution in [0, 0.1) is 0 Å². The summed E-state index contributed by atoms with van der Waals surface area (Å²) in [5.74, 6) is 0. The number of halogens is 1. The lowest BCUT2D eigenvalue weighted by atomic mass is 9.99. The highest BCUT2D eigenvalue weighted by Gasteiger charge is 2.22. The summed E-state index contributed by atoms with van der Waals surface area (Å²) in [6, 6.07) is 0.